The first-order valence-corrected chi connectivity index (χ1v) is 12.5. The Morgan fingerprint density at radius 2 is 1.88 bits per heavy atom. The second-order valence-corrected chi connectivity index (χ2v) is 10.6. The quantitative estimate of drug-likeness (QED) is 0.484. The first-order valence-electron chi connectivity index (χ1n) is 12.5. The number of piperazine rings is 1. The highest BCUT2D eigenvalue weighted by atomic mass is 15.4. The first kappa shape index (κ1) is 21.4. The van der Waals surface area contributed by atoms with Crippen LogP contribution in [0.3, 0.4) is 0 Å². The highest BCUT2D eigenvalue weighted by molar-refractivity contribution is 5.85. The van der Waals surface area contributed by atoms with Gasteiger partial charge in [-0.2, -0.15) is 19.6 Å². The van der Waals surface area contributed by atoms with Crippen molar-refractivity contribution in [3.05, 3.63) is 47.3 Å². The van der Waals surface area contributed by atoms with E-state index in [-0.39, 0.29) is 5.54 Å². The lowest BCUT2D eigenvalue weighted by atomic mass is 9.81. The largest absolute Gasteiger partial charge is 0.358 e. The Kier molecular flexibility index (Phi) is 5.02. The smallest absolute Gasteiger partial charge is 0.230 e. The van der Waals surface area contributed by atoms with Crippen molar-refractivity contribution in [2.24, 2.45) is 0 Å². The molecule has 3 aromatic heterocycles. The molecule has 8 nitrogen and oxygen atoms in total. The van der Waals surface area contributed by atoms with E-state index in [2.05, 4.69) is 72.2 Å². The molecule has 1 aliphatic carbocycles. The average molecular weight is 459 g/mol. The van der Waals surface area contributed by atoms with Crippen LogP contribution in [0.1, 0.15) is 49.9 Å². The van der Waals surface area contributed by atoms with Gasteiger partial charge in [0, 0.05) is 53.9 Å². The molecule has 1 atom stereocenters. The molecule has 4 heterocycles. The highest BCUT2D eigenvalue weighted by Crippen LogP contribution is 2.36. The molecule has 1 aliphatic heterocycles. The van der Waals surface area contributed by atoms with E-state index in [0.717, 1.165) is 68.5 Å². The number of H-pyrrole nitrogens is 1. The van der Waals surface area contributed by atoms with Crippen molar-refractivity contribution in [2.45, 2.75) is 51.5 Å². The Morgan fingerprint density at radius 3 is 2.68 bits per heavy atom. The van der Waals surface area contributed by atoms with Crippen molar-refractivity contribution >= 4 is 28.4 Å². The maximum atomic E-state index is 5.05. The minimum atomic E-state index is -0.122. The van der Waals surface area contributed by atoms with Gasteiger partial charge in [-0.1, -0.05) is 32.0 Å². The van der Waals surface area contributed by atoms with Crippen molar-refractivity contribution < 1.29 is 0 Å². The Hall–Kier alpha value is -3.13. The van der Waals surface area contributed by atoms with Crippen LogP contribution in [-0.4, -0.2) is 68.2 Å². The predicted molar refractivity (Wildman–Crippen MR) is 137 cm³/mol. The Bertz CT molecular complexity index is 1340. The van der Waals surface area contributed by atoms with Crippen LogP contribution in [0.15, 0.2) is 30.5 Å². The molecule has 8 heteroatoms. The molecule has 1 aromatic carbocycles. The molecule has 4 aromatic rings. The SMILES string of the molecule is CC(C)c1cnn2c(NC3(C)CCc4[nH]c5ccccc5c4C3)nc(N3CCN(C)CC3)nc12. The van der Waals surface area contributed by atoms with Gasteiger partial charge in [0.2, 0.25) is 11.9 Å². The molecule has 6 rings (SSSR count). The van der Waals surface area contributed by atoms with Crippen molar-refractivity contribution in [1.82, 2.24) is 29.5 Å². The number of hydrogen-bond acceptors (Lipinski definition) is 6. The number of fused-ring (bicyclic) bond motifs is 4. The normalized spacial score (nSPS) is 21.5. The molecule has 2 aliphatic rings. The number of para-hydroxylation sites is 1. The third-order valence-corrected chi connectivity index (χ3v) is 7.60. The van der Waals surface area contributed by atoms with E-state index in [1.807, 2.05) is 10.7 Å². The van der Waals surface area contributed by atoms with Crippen LogP contribution in [0.25, 0.3) is 16.6 Å². The van der Waals surface area contributed by atoms with Crippen molar-refractivity contribution in [3.63, 3.8) is 0 Å². The fourth-order valence-electron chi connectivity index (χ4n) is 5.45. The number of aromatic nitrogens is 5. The van der Waals surface area contributed by atoms with E-state index >= 15 is 0 Å². The number of rotatable bonds is 4. The molecule has 2 N–H and O–H groups in total. The Balaban J connectivity index is 1.39. The molecule has 1 fully saturated rings. The van der Waals surface area contributed by atoms with Crippen LogP contribution in [0, 0.1) is 0 Å². The maximum absolute atomic E-state index is 5.05. The van der Waals surface area contributed by atoms with Crippen molar-refractivity contribution in [3.8, 4) is 0 Å². The fourth-order valence-corrected chi connectivity index (χ4v) is 5.45. The predicted octanol–water partition coefficient (Wildman–Crippen LogP) is 3.84. The van der Waals surface area contributed by atoms with Gasteiger partial charge >= 0.3 is 0 Å². The molecule has 0 radical (unpaired) electrons. The summed E-state index contributed by atoms with van der Waals surface area (Å²) in [6.45, 7) is 10.6. The van der Waals surface area contributed by atoms with Gasteiger partial charge < -0.3 is 20.1 Å². The minimum absolute atomic E-state index is 0.122. The van der Waals surface area contributed by atoms with Gasteiger partial charge in [-0.3, -0.25) is 0 Å². The summed E-state index contributed by atoms with van der Waals surface area (Å²) in [4.78, 5) is 18.3. The number of likely N-dealkylation sites (N-methyl/N-ethyl adjacent to an activating group) is 1. The summed E-state index contributed by atoms with van der Waals surface area (Å²) in [5.41, 5.74) is 5.97. The zero-order valence-corrected chi connectivity index (χ0v) is 20.6. The van der Waals surface area contributed by atoms with Gasteiger partial charge in [-0.05, 0) is 50.8 Å². The molecule has 0 amide bonds. The molecule has 0 bridgehead atoms. The van der Waals surface area contributed by atoms with Crippen molar-refractivity contribution in [1.29, 1.82) is 0 Å². The van der Waals surface area contributed by atoms with Gasteiger partial charge in [0.15, 0.2) is 5.65 Å². The number of nitrogens with one attached hydrogen (secondary N) is 2. The number of hydrogen-bond donors (Lipinski definition) is 2. The lowest BCUT2D eigenvalue weighted by Crippen LogP contribution is -2.45. The third-order valence-electron chi connectivity index (χ3n) is 7.60. The summed E-state index contributed by atoms with van der Waals surface area (Å²) >= 11 is 0. The number of aromatic amines is 1. The van der Waals surface area contributed by atoms with Crippen LogP contribution in [-0.2, 0) is 12.8 Å². The standard InChI is InChI=1S/C26H34N8/c1-17(2)20-16-27-34-23(20)29-24(33-13-11-32(4)12-14-33)30-25(34)31-26(3)10-9-22-19(15-26)18-7-5-6-8-21(18)28-22/h5-8,16-17,28H,9-15H2,1-4H3,(H,29,30,31). The van der Waals surface area contributed by atoms with Crippen molar-refractivity contribution in [2.75, 3.05) is 43.4 Å². The maximum Gasteiger partial charge on any atom is 0.230 e. The molecule has 1 saturated heterocycles. The highest BCUT2D eigenvalue weighted by Gasteiger charge is 2.34. The van der Waals surface area contributed by atoms with Gasteiger partial charge in [-0.25, -0.2) is 0 Å². The molecular formula is C26H34N8. The van der Waals surface area contributed by atoms with Gasteiger partial charge in [0.05, 0.1) is 6.20 Å². The summed E-state index contributed by atoms with van der Waals surface area (Å²) in [5.74, 6) is 1.94. The molecule has 0 spiro atoms. The van der Waals surface area contributed by atoms with Gasteiger partial charge in [-0.15, -0.1) is 0 Å². The monoisotopic (exact) mass is 458 g/mol. The molecular weight excluding hydrogens is 424 g/mol. The number of aryl methyl sites for hydroxylation is 1. The van der Waals surface area contributed by atoms with E-state index < -0.39 is 0 Å². The summed E-state index contributed by atoms with van der Waals surface area (Å²) < 4.78 is 1.91. The van der Waals surface area contributed by atoms with Gasteiger partial charge in [0.25, 0.3) is 0 Å². The van der Waals surface area contributed by atoms with Crippen LogP contribution in [0.2, 0.25) is 0 Å². The van der Waals surface area contributed by atoms with Gasteiger partial charge in [0.1, 0.15) is 0 Å². The van der Waals surface area contributed by atoms with E-state index in [4.69, 9.17) is 15.1 Å². The average Bonchev–Trinajstić information content (AvgIpc) is 3.41. The van der Waals surface area contributed by atoms with E-state index in [0.29, 0.717) is 5.92 Å². The lowest BCUT2D eigenvalue weighted by molar-refractivity contribution is 0.311. The lowest BCUT2D eigenvalue weighted by Gasteiger charge is -2.36. The zero-order chi connectivity index (χ0) is 23.4. The summed E-state index contributed by atoms with van der Waals surface area (Å²) in [6.07, 6.45) is 4.94. The Morgan fingerprint density at radius 1 is 1.09 bits per heavy atom. The summed E-state index contributed by atoms with van der Waals surface area (Å²) in [5, 5.41) is 9.88. The van der Waals surface area contributed by atoms with Crippen LogP contribution >= 0.6 is 0 Å². The number of benzene rings is 1. The van der Waals surface area contributed by atoms with E-state index in [1.165, 1.54) is 22.2 Å². The van der Waals surface area contributed by atoms with E-state index in [9.17, 15) is 0 Å². The molecule has 1 unspecified atom stereocenters. The minimum Gasteiger partial charge on any atom is -0.358 e. The van der Waals surface area contributed by atoms with Crippen LogP contribution in [0.5, 0.6) is 0 Å². The molecule has 0 saturated carbocycles. The first-order chi connectivity index (χ1) is 16.4. The molecule has 34 heavy (non-hydrogen) atoms. The zero-order valence-electron chi connectivity index (χ0n) is 20.6. The number of nitrogens with zero attached hydrogens (tertiary/aromatic N) is 6. The summed E-state index contributed by atoms with van der Waals surface area (Å²) in [7, 11) is 2.17. The van der Waals surface area contributed by atoms with Crippen LogP contribution < -0.4 is 10.2 Å². The molecule has 178 valence electrons. The topological polar surface area (TPSA) is 77.4 Å². The summed E-state index contributed by atoms with van der Waals surface area (Å²) in [6, 6.07) is 8.63. The third kappa shape index (κ3) is 3.60. The second kappa shape index (κ2) is 7.98. The van der Waals surface area contributed by atoms with Crippen LogP contribution in [0.4, 0.5) is 11.9 Å². The van der Waals surface area contributed by atoms with E-state index in [1.54, 1.807) is 0 Å². The Labute approximate surface area is 200 Å². The second-order valence-electron chi connectivity index (χ2n) is 10.6. The fraction of sp³-hybridized carbons (Fsp3) is 0.500. The number of anilines is 2.